The van der Waals surface area contributed by atoms with Gasteiger partial charge in [-0.15, -0.1) is 0 Å². The van der Waals surface area contributed by atoms with Crippen LogP contribution in [0.2, 0.25) is 0 Å². The zero-order valence-corrected chi connectivity index (χ0v) is 10.3. The summed E-state index contributed by atoms with van der Waals surface area (Å²) in [6, 6.07) is 3.73. The highest BCUT2D eigenvalue weighted by molar-refractivity contribution is 5.82. The van der Waals surface area contributed by atoms with Crippen molar-refractivity contribution in [3.05, 3.63) is 28.3 Å². The number of methoxy groups -OCH3 is 1. The van der Waals surface area contributed by atoms with E-state index in [4.69, 9.17) is 0 Å². The molecule has 0 saturated heterocycles. The maximum absolute atomic E-state index is 11.3. The van der Waals surface area contributed by atoms with Gasteiger partial charge in [-0.05, 0) is 13.0 Å². The van der Waals surface area contributed by atoms with Crippen LogP contribution in [0, 0.1) is 10.1 Å². The van der Waals surface area contributed by atoms with Crippen LogP contribution in [0.4, 0.5) is 11.6 Å². The largest absolute Gasteiger partial charge is 0.467 e. The van der Waals surface area contributed by atoms with Crippen molar-refractivity contribution in [2.24, 2.45) is 0 Å². The quantitative estimate of drug-likeness (QED) is 0.491. The number of esters is 1. The summed E-state index contributed by atoms with van der Waals surface area (Å²) < 4.78 is 4.58. The fourth-order valence-corrected chi connectivity index (χ4v) is 1.62. The minimum atomic E-state index is -0.569. The Morgan fingerprint density at radius 3 is 2.95 bits per heavy atom. The van der Waals surface area contributed by atoms with Gasteiger partial charge in [0.1, 0.15) is 6.04 Å². The minimum absolute atomic E-state index is 0.0243. The summed E-state index contributed by atoms with van der Waals surface area (Å²) in [4.78, 5) is 28.5. The van der Waals surface area contributed by atoms with Crippen molar-refractivity contribution in [1.29, 1.82) is 0 Å². The molecule has 19 heavy (non-hydrogen) atoms. The first-order valence-electron chi connectivity index (χ1n) is 5.50. The number of nitro benzene ring substituents is 1. The number of aromatic nitrogens is 2. The van der Waals surface area contributed by atoms with Crippen LogP contribution in [0.1, 0.15) is 6.92 Å². The average Bonchev–Trinajstić information content (AvgIpc) is 2.78. The van der Waals surface area contributed by atoms with Crippen LogP contribution in [0.3, 0.4) is 0 Å². The maximum atomic E-state index is 11.3. The van der Waals surface area contributed by atoms with E-state index in [2.05, 4.69) is 20.0 Å². The Morgan fingerprint density at radius 1 is 1.58 bits per heavy atom. The number of anilines is 1. The molecule has 1 atom stereocenters. The van der Waals surface area contributed by atoms with Crippen LogP contribution in [0.25, 0.3) is 11.0 Å². The number of fused-ring (bicyclic) bond motifs is 1. The highest BCUT2D eigenvalue weighted by Gasteiger charge is 2.15. The standard InChI is InChI=1S/C11H12N4O4/c1-6(10(16)19-2)12-11-13-8-4-3-7(15(17)18)5-9(8)14-11/h3-6H,1-2H3,(H2,12,13,14). The smallest absolute Gasteiger partial charge is 0.328 e. The van der Waals surface area contributed by atoms with E-state index < -0.39 is 16.9 Å². The first kappa shape index (κ1) is 12.8. The number of benzene rings is 1. The van der Waals surface area contributed by atoms with E-state index >= 15 is 0 Å². The van der Waals surface area contributed by atoms with Crippen molar-refractivity contribution < 1.29 is 14.5 Å². The molecule has 100 valence electrons. The summed E-state index contributed by atoms with van der Waals surface area (Å²) in [7, 11) is 1.29. The van der Waals surface area contributed by atoms with E-state index in [9.17, 15) is 14.9 Å². The summed E-state index contributed by atoms with van der Waals surface area (Å²) in [5.74, 6) is -0.0696. The molecule has 0 spiro atoms. The number of carbonyl (C=O) groups is 1. The normalized spacial score (nSPS) is 12.1. The topological polar surface area (TPSA) is 110 Å². The Labute approximate surface area is 107 Å². The van der Waals surface area contributed by atoms with Crippen molar-refractivity contribution in [3.8, 4) is 0 Å². The van der Waals surface area contributed by atoms with E-state index in [1.165, 1.54) is 25.3 Å². The molecule has 0 fully saturated rings. The number of non-ortho nitro benzene ring substituents is 1. The number of rotatable bonds is 4. The van der Waals surface area contributed by atoms with Gasteiger partial charge in [-0.1, -0.05) is 0 Å². The number of H-pyrrole nitrogens is 1. The Kier molecular flexibility index (Phi) is 3.32. The second kappa shape index (κ2) is 4.92. The number of ether oxygens (including phenoxy) is 1. The Morgan fingerprint density at radius 2 is 2.32 bits per heavy atom. The van der Waals surface area contributed by atoms with Gasteiger partial charge in [0.2, 0.25) is 5.95 Å². The highest BCUT2D eigenvalue weighted by Crippen LogP contribution is 2.20. The van der Waals surface area contributed by atoms with Crippen molar-refractivity contribution in [2.75, 3.05) is 12.4 Å². The van der Waals surface area contributed by atoms with Gasteiger partial charge in [0.25, 0.3) is 5.69 Å². The van der Waals surface area contributed by atoms with E-state index in [1.807, 2.05) is 0 Å². The number of hydrogen-bond acceptors (Lipinski definition) is 6. The molecule has 8 heteroatoms. The Balaban J connectivity index is 2.26. The molecule has 2 aromatic rings. The first-order chi connectivity index (χ1) is 9.01. The molecule has 2 N–H and O–H groups in total. The van der Waals surface area contributed by atoms with Crippen LogP contribution in [-0.2, 0) is 9.53 Å². The molecule has 0 saturated carbocycles. The lowest BCUT2D eigenvalue weighted by atomic mass is 10.3. The van der Waals surface area contributed by atoms with Gasteiger partial charge in [-0.3, -0.25) is 10.1 Å². The monoisotopic (exact) mass is 264 g/mol. The van der Waals surface area contributed by atoms with E-state index in [-0.39, 0.29) is 5.69 Å². The predicted molar refractivity (Wildman–Crippen MR) is 67.8 cm³/mol. The molecule has 1 aromatic heterocycles. The van der Waals surface area contributed by atoms with Crippen molar-refractivity contribution in [1.82, 2.24) is 9.97 Å². The third kappa shape index (κ3) is 2.62. The fourth-order valence-electron chi connectivity index (χ4n) is 1.62. The second-order valence-corrected chi connectivity index (χ2v) is 3.93. The number of nitrogens with one attached hydrogen (secondary N) is 2. The molecule has 0 aliphatic heterocycles. The number of aromatic amines is 1. The number of nitro groups is 1. The molecule has 8 nitrogen and oxygen atoms in total. The van der Waals surface area contributed by atoms with Gasteiger partial charge in [0.05, 0.1) is 23.1 Å². The number of imidazole rings is 1. The van der Waals surface area contributed by atoms with Gasteiger partial charge in [0.15, 0.2) is 0 Å². The van der Waals surface area contributed by atoms with Crippen LogP contribution in [0.15, 0.2) is 18.2 Å². The van der Waals surface area contributed by atoms with Gasteiger partial charge >= 0.3 is 5.97 Å². The summed E-state index contributed by atoms with van der Waals surface area (Å²) in [6.45, 7) is 1.63. The van der Waals surface area contributed by atoms with Gasteiger partial charge in [-0.25, -0.2) is 9.78 Å². The van der Waals surface area contributed by atoms with Gasteiger partial charge in [-0.2, -0.15) is 0 Å². The lowest BCUT2D eigenvalue weighted by Gasteiger charge is -2.09. The van der Waals surface area contributed by atoms with Gasteiger partial charge in [0, 0.05) is 12.1 Å². The lowest BCUT2D eigenvalue weighted by Crippen LogP contribution is -2.27. The zero-order chi connectivity index (χ0) is 14.0. The summed E-state index contributed by atoms with van der Waals surface area (Å²) in [6.07, 6.45) is 0. The summed E-state index contributed by atoms with van der Waals surface area (Å²) in [5.41, 5.74) is 1.07. The maximum Gasteiger partial charge on any atom is 0.328 e. The molecule has 0 amide bonds. The average molecular weight is 264 g/mol. The SMILES string of the molecule is COC(=O)C(C)Nc1nc2ccc([N+](=O)[O-])cc2[nH]1. The van der Waals surface area contributed by atoms with E-state index in [0.29, 0.717) is 17.0 Å². The first-order valence-corrected chi connectivity index (χ1v) is 5.50. The molecule has 1 heterocycles. The highest BCUT2D eigenvalue weighted by atomic mass is 16.6. The van der Waals surface area contributed by atoms with E-state index in [0.717, 1.165) is 0 Å². The summed E-state index contributed by atoms with van der Waals surface area (Å²) >= 11 is 0. The van der Waals surface area contributed by atoms with Crippen LogP contribution < -0.4 is 5.32 Å². The molecule has 0 aliphatic rings. The van der Waals surface area contributed by atoms with Gasteiger partial charge < -0.3 is 15.0 Å². The van der Waals surface area contributed by atoms with Crippen molar-refractivity contribution in [3.63, 3.8) is 0 Å². The third-order valence-corrected chi connectivity index (χ3v) is 2.58. The molecular formula is C11H12N4O4. The molecular weight excluding hydrogens is 252 g/mol. The minimum Gasteiger partial charge on any atom is -0.467 e. The lowest BCUT2D eigenvalue weighted by molar-refractivity contribution is -0.384. The molecule has 0 radical (unpaired) electrons. The fraction of sp³-hybridized carbons (Fsp3) is 0.273. The number of carbonyl (C=O) groups excluding carboxylic acids is 1. The molecule has 0 bridgehead atoms. The molecule has 1 unspecified atom stereocenters. The van der Waals surface area contributed by atoms with Crippen LogP contribution in [0.5, 0.6) is 0 Å². The molecule has 0 aliphatic carbocycles. The van der Waals surface area contributed by atoms with Crippen molar-refractivity contribution in [2.45, 2.75) is 13.0 Å². The van der Waals surface area contributed by atoms with E-state index in [1.54, 1.807) is 6.92 Å². The Hall–Kier alpha value is -2.64. The van der Waals surface area contributed by atoms with Crippen molar-refractivity contribution >= 4 is 28.6 Å². The number of nitrogens with zero attached hydrogens (tertiary/aromatic N) is 2. The molecule has 2 rings (SSSR count). The van der Waals surface area contributed by atoms with Crippen LogP contribution in [-0.4, -0.2) is 34.0 Å². The Bertz CT molecular complexity index is 637. The third-order valence-electron chi connectivity index (χ3n) is 2.58. The summed E-state index contributed by atoms with van der Waals surface area (Å²) in [5, 5.41) is 13.5. The van der Waals surface area contributed by atoms with Crippen LogP contribution >= 0.6 is 0 Å². The molecule has 1 aromatic carbocycles. The zero-order valence-electron chi connectivity index (χ0n) is 10.3. The predicted octanol–water partition coefficient (Wildman–Crippen LogP) is 1.44. The number of hydrogen-bond donors (Lipinski definition) is 2. The second-order valence-electron chi connectivity index (χ2n) is 3.93.